The molecule has 0 saturated carbocycles. The van der Waals surface area contributed by atoms with E-state index in [1.54, 1.807) is 11.3 Å². The van der Waals surface area contributed by atoms with Gasteiger partial charge in [-0.1, -0.05) is 28.1 Å². The largest absolute Gasteiger partial charge is 0.313 e. The fourth-order valence-electron chi connectivity index (χ4n) is 2.58. The highest BCUT2D eigenvalue weighted by atomic mass is 79.9. The lowest BCUT2D eigenvalue weighted by Gasteiger charge is -2.08. The lowest BCUT2D eigenvalue weighted by Crippen LogP contribution is -2.27. The molecule has 4 nitrogen and oxygen atoms in total. The molecule has 3 rings (SSSR count). The van der Waals surface area contributed by atoms with Crippen LogP contribution in [0.2, 0.25) is 0 Å². The highest BCUT2D eigenvalue weighted by Crippen LogP contribution is 2.22. The lowest BCUT2D eigenvalue weighted by molar-refractivity contribution is -0.116. The van der Waals surface area contributed by atoms with E-state index in [1.165, 1.54) is 5.56 Å². The molecule has 1 fully saturated rings. The molecule has 2 N–H and O–H groups in total. The van der Waals surface area contributed by atoms with Crippen molar-refractivity contribution in [3.63, 3.8) is 0 Å². The highest BCUT2D eigenvalue weighted by molar-refractivity contribution is 9.10. The smallest absolute Gasteiger partial charge is 0.227 e. The summed E-state index contributed by atoms with van der Waals surface area (Å²) in [5.74, 6) is 0.0453. The normalized spacial score (nSPS) is 16.8. The van der Waals surface area contributed by atoms with E-state index in [4.69, 9.17) is 0 Å². The van der Waals surface area contributed by atoms with Crippen molar-refractivity contribution in [2.24, 2.45) is 0 Å². The molecule has 1 aromatic carbocycles. The van der Waals surface area contributed by atoms with Crippen LogP contribution in [0, 0.1) is 0 Å². The van der Waals surface area contributed by atoms with E-state index in [1.807, 2.05) is 18.3 Å². The first-order chi connectivity index (χ1) is 10.7. The first-order valence-corrected chi connectivity index (χ1v) is 9.02. The number of rotatable bonds is 5. The number of aromatic nitrogens is 1. The number of nitrogens with one attached hydrogen (secondary N) is 2. The summed E-state index contributed by atoms with van der Waals surface area (Å²) in [5, 5.41) is 6.93. The van der Waals surface area contributed by atoms with Crippen LogP contribution in [-0.2, 0) is 11.2 Å². The van der Waals surface area contributed by atoms with Gasteiger partial charge < -0.3 is 10.6 Å². The van der Waals surface area contributed by atoms with Crippen LogP contribution < -0.4 is 10.6 Å². The number of hydrogen-bond donors (Lipinski definition) is 2. The third-order valence-corrected chi connectivity index (χ3v) is 5.13. The van der Waals surface area contributed by atoms with E-state index >= 15 is 0 Å². The summed E-state index contributed by atoms with van der Waals surface area (Å²) in [6, 6.07) is 8.57. The molecule has 0 bridgehead atoms. The first-order valence-electron chi connectivity index (χ1n) is 7.41. The number of amides is 1. The summed E-state index contributed by atoms with van der Waals surface area (Å²) in [7, 11) is 0. The molecule has 1 unspecified atom stereocenters. The molecule has 2 heterocycles. The van der Waals surface area contributed by atoms with Crippen molar-refractivity contribution >= 4 is 50.7 Å². The number of benzene rings is 1. The number of carbonyl (C=O) groups is 1. The number of anilines is 1. The third-order valence-electron chi connectivity index (χ3n) is 3.69. The fourth-order valence-corrected chi connectivity index (χ4v) is 3.70. The highest BCUT2D eigenvalue weighted by Gasteiger charge is 2.18. The van der Waals surface area contributed by atoms with Crippen LogP contribution in [0.3, 0.4) is 0 Å². The van der Waals surface area contributed by atoms with E-state index in [-0.39, 0.29) is 18.3 Å². The number of thiazole rings is 1. The average Bonchev–Trinajstić information content (AvgIpc) is 3.14. The molecular formula is C16H19BrClN3OS. The summed E-state index contributed by atoms with van der Waals surface area (Å²) in [6.45, 7) is 1.02. The van der Waals surface area contributed by atoms with Crippen LogP contribution in [-0.4, -0.2) is 23.5 Å². The molecule has 1 atom stereocenters. The maximum Gasteiger partial charge on any atom is 0.227 e. The van der Waals surface area contributed by atoms with Gasteiger partial charge in [-0.05, 0) is 37.1 Å². The first kappa shape index (κ1) is 18.4. The molecule has 23 heavy (non-hydrogen) atoms. The molecule has 0 radical (unpaired) electrons. The second-order valence-electron chi connectivity index (χ2n) is 5.48. The number of carbonyl (C=O) groups excluding carboxylic acids is 1. The summed E-state index contributed by atoms with van der Waals surface area (Å²) >= 11 is 4.98. The molecule has 1 aliphatic heterocycles. The zero-order valence-electron chi connectivity index (χ0n) is 12.5. The molecule has 124 valence electrons. The van der Waals surface area contributed by atoms with Crippen molar-refractivity contribution < 1.29 is 4.79 Å². The number of halogens is 2. The van der Waals surface area contributed by atoms with Gasteiger partial charge in [0.05, 0.1) is 0 Å². The zero-order chi connectivity index (χ0) is 15.4. The molecular weight excluding hydrogens is 398 g/mol. The van der Waals surface area contributed by atoms with E-state index in [0.29, 0.717) is 17.6 Å². The number of hydrogen-bond acceptors (Lipinski definition) is 4. The van der Waals surface area contributed by atoms with Gasteiger partial charge in [0, 0.05) is 34.4 Å². The van der Waals surface area contributed by atoms with Crippen LogP contribution in [0.15, 0.2) is 34.9 Å². The van der Waals surface area contributed by atoms with Crippen molar-refractivity contribution in [1.29, 1.82) is 0 Å². The maximum absolute atomic E-state index is 12.0. The summed E-state index contributed by atoms with van der Waals surface area (Å²) in [4.78, 5) is 17.4. The Kier molecular flexibility index (Phi) is 7.02. The van der Waals surface area contributed by atoms with E-state index in [2.05, 4.69) is 43.7 Å². The molecule has 1 amide bonds. The van der Waals surface area contributed by atoms with Gasteiger partial charge in [0.25, 0.3) is 0 Å². The van der Waals surface area contributed by atoms with Gasteiger partial charge >= 0.3 is 0 Å². The van der Waals surface area contributed by atoms with Crippen molar-refractivity contribution in [2.75, 3.05) is 11.9 Å². The van der Waals surface area contributed by atoms with Gasteiger partial charge in [0.2, 0.25) is 5.91 Å². The minimum Gasteiger partial charge on any atom is -0.313 e. The predicted octanol–water partition coefficient (Wildman–Crippen LogP) is 4.00. The van der Waals surface area contributed by atoms with E-state index < -0.39 is 0 Å². The quantitative estimate of drug-likeness (QED) is 0.774. The average molecular weight is 417 g/mol. The van der Waals surface area contributed by atoms with Gasteiger partial charge in [-0.3, -0.25) is 4.79 Å². The van der Waals surface area contributed by atoms with Crippen molar-refractivity contribution in [2.45, 2.75) is 31.7 Å². The molecule has 2 aromatic rings. The van der Waals surface area contributed by atoms with Crippen molar-refractivity contribution in [3.8, 4) is 0 Å². The van der Waals surface area contributed by atoms with Crippen LogP contribution >= 0.6 is 39.7 Å². The van der Waals surface area contributed by atoms with Gasteiger partial charge in [0.15, 0.2) is 5.13 Å². The Labute approximate surface area is 154 Å². The van der Waals surface area contributed by atoms with Crippen molar-refractivity contribution in [3.05, 3.63) is 45.4 Å². The topological polar surface area (TPSA) is 54.0 Å². The van der Waals surface area contributed by atoms with Crippen LogP contribution in [0.5, 0.6) is 0 Å². The molecule has 1 aliphatic rings. The number of nitrogens with zero attached hydrogens (tertiary/aromatic N) is 1. The molecule has 0 spiro atoms. The van der Waals surface area contributed by atoms with Gasteiger partial charge in [-0.25, -0.2) is 4.98 Å². The molecule has 0 aliphatic carbocycles. The van der Waals surface area contributed by atoms with Gasteiger partial charge in [0.1, 0.15) is 0 Å². The Hall–Kier alpha value is -0.950. The van der Waals surface area contributed by atoms with Gasteiger partial charge in [-0.2, -0.15) is 0 Å². The van der Waals surface area contributed by atoms with E-state index in [9.17, 15) is 4.79 Å². The summed E-state index contributed by atoms with van der Waals surface area (Å²) in [5.41, 5.74) is 1.24. The maximum atomic E-state index is 12.0. The summed E-state index contributed by atoms with van der Waals surface area (Å²) in [6.07, 6.45) is 5.45. The predicted molar refractivity (Wildman–Crippen MR) is 101 cm³/mol. The second kappa shape index (κ2) is 8.78. The Morgan fingerprint density at radius 3 is 2.87 bits per heavy atom. The molecule has 1 aromatic heterocycles. The monoisotopic (exact) mass is 415 g/mol. The van der Waals surface area contributed by atoms with Crippen LogP contribution in [0.25, 0.3) is 0 Å². The zero-order valence-corrected chi connectivity index (χ0v) is 15.8. The SMILES string of the molecule is Cl.O=C(CC1CCCN1)Nc1ncc(Cc2ccc(Br)cc2)s1. The Bertz CT molecular complexity index is 641. The summed E-state index contributed by atoms with van der Waals surface area (Å²) < 4.78 is 1.08. The fraction of sp³-hybridized carbons (Fsp3) is 0.375. The Morgan fingerprint density at radius 1 is 1.39 bits per heavy atom. The van der Waals surface area contributed by atoms with E-state index in [0.717, 1.165) is 35.2 Å². The van der Waals surface area contributed by atoms with Crippen LogP contribution in [0.1, 0.15) is 29.7 Å². The molecule has 7 heteroatoms. The van der Waals surface area contributed by atoms with Gasteiger partial charge in [-0.15, -0.1) is 23.7 Å². The second-order valence-corrected chi connectivity index (χ2v) is 7.51. The third kappa shape index (κ3) is 5.57. The minimum atomic E-state index is 0. The minimum absolute atomic E-state index is 0. The lowest BCUT2D eigenvalue weighted by atomic mass is 10.1. The standard InChI is InChI=1S/C16H18BrN3OS.ClH/c17-12-5-3-11(4-6-12)8-14-10-19-16(22-14)20-15(21)9-13-2-1-7-18-13;/h3-6,10,13,18H,1-2,7-9H2,(H,19,20,21);1H. The van der Waals surface area contributed by atoms with Crippen LogP contribution in [0.4, 0.5) is 5.13 Å². The van der Waals surface area contributed by atoms with Crippen molar-refractivity contribution in [1.82, 2.24) is 10.3 Å². The Balaban J connectivity index is 0.00000192. The Morgan fingerprint density at radius 2 is 2.17 bits per heavy atom. The molecule has 1 saturated heterocycles.